The molecule has 0 aliphatic heterocycles. The highest BCUT2D eigenvalue weighted by molar-refractivity contribution is 7.10. The van der Waals surface area contributed by atoms with Gasteiger partial charge in [0.25, 0.3) is 0 Å². The van der Waals surface area contributed by atoms with Gasteiger partial charge in [-0.15, -0.1) is 11.3 Å². The molecule has 0 aliphatic carbocycles. The number of hydrogen-bond donors (Lipinski definition) is 1. The van der Waals surface area contributed by atoms with Crippen LogP contribution < -0.4 is 0 Å². The maximum Gasteiger partial charge on any atom is 0.313 e. The van der Waals surface area contributed by atoms with Crippen LogP contribution in [0.5, 0.6) is 0 Å². The van der Waals surface area contributed by atoms with Gasteiger partial charge in [-0.25, -0.2) is 0 Å². The number of aryl methyl sites for hydroxylation is 1. The van der Waals surface area contributed by atoms with Crippen LogP contribution in [0, 0.1) is 5.92 Å². The molecule has 1 aromatic heterocycles. The SMILES string of the molecule is COC(=O)CC(=O)CC(O)(CCc1sccc1C(C)(C)O[Si]C(C)(C)C)C(C)C. The third-order valence-electron chi connectivity index (χ3n) is 4.94. The zero-order valence-electron chi connectivity index (χ0n) is 19.0. The molecule has 0 saturated heterocycles. The van der Waals surface area contributed by atoms with Crippen molar-refractivity contribution >= 4 is 32.9 Å². The molecule has 164 valence electrons. The number of methoxy groups -OCH3 is 1. The van der Waals surface area contributed by atoms with Crippen LogP contribution in [0.25, 0.3) is 0 Å². The molecule has 1 unspecified atom stereocenters. The Balaban J connectivity index is 2.88. The molecule has 1 atom stereocenters. The van der Waals surface area contributed by atoms with E-state index in [0.717, 1.165) is 10.4 Å². The molecule has 7 heteroatoms. The van der Waals surface area contributed by atoms with E-state index < -0.39 is 17.2 Å². The van der Waals surface area contributed by atoms with E-state index in [1.165, 1.54) is 7.11 Å². The van der Waals surface area contributed by atoms with Crippen LogP contribution in [-0.2, 0) is 30.8 Å². The summed E-state index contributed by atoms with van der Waals surface area (Å²) < 4.78 is 10.8. The Morgan fingerprint density at radius 1 is 1.21 bits per heavy atom. The number of hydrogen-bond acceptors (Lipinski definition) is 6. The third kappa shape index (κ3) is 8.32. The lowest BCUT2D eigenvalue weighted by molar-refractivity contribution is -0.144. The van der Waals surface area contributed by atoms with E-state index in [9.17, 15) is 14.7 Å². The Hall–Kier alpha value is -1.02. The zero-order valence-corrected chi connectivity index (χ0v) is 20.9. The van der Waals surface area contributed by atoms with E-state index in [1.807, 2.05) is 19.2 Å². The number of Topliss-reactive ketones (excluding diaryl/α,β-unsaturated/α-hetero) is 1. The maximum absolute atomic E-state index is 12.2. The van der Waals surface area contributed by atoms with E-state index >= 15 is 0 Å². The summed E-state index contributed by atoms with van der Waals surface area (Å²) in [5.74, 6) is -0.978. The third-order valence-corrected chi connectivity index (χ3v) is 7.14. The van der Waals surface area contributed by atoms with Crippen molar-refractivity contribution in [1.82, 2.24) is 0 Å². The highest BCUT2D eigenvalue weighted by Crippen LogP contribution is 2.36. The lowest BCUT2D eigenvalue weighted by Crippen LogP contribution is -2.38. The number of rotatable bonds is 11. The largest absolute Gasteiger partial charge is 0.469 e. The molecule has 1 aromatic rings. The molecule has 1 rings (SSSR count). The minimum atomic E-state index is -1.16. The monoisotopic (exact) mass is 440 g/mol. The Bertz CT molecular complexity index is 690. The van der Waals surface area contributed by atoms with E-state index in [0.29, 0.717) is 22.6 Å². The summed E-state index contributed by atoms with van der Waals surface area (Å²) in [6, 6.07) is 2.09. The number of thiophene rings is 1. The van der Waals surface area contributed by atoms with Crippen LogP contribution >= 0.6 is 11.3 Å². The van der Waals surface area contributed by atoms with Gasteiger partial charge in [-0.2, -0.15) is 0 Å². The van der Waals surface area contributed by atoms with Gasteiger partial charge in [0.05, 0.1) is 18.3 Å². The average Bonchev–Trinajstić information content (AvgIpc) is 3.07. The summed E-state index contributed by atoms with van der Waals surface area (Å²) in [6.07, 6.45) is 0.748. The van der Waals surface area contributed by atoms with Gasteiger partial charge in [0.2, 0.25) is 9.76 Å². The molecule has 0 amide bonds. The molecule has 0 fully saturated rings. The number of carbonyl (C=O) groups excluding carboxylic acids is 2. The lowest BCUT2D eigenvalue weighted by Gasteiger charge is -2.33. The highest BCUT2D eigenvalue weighted by atomic mass is 32.1. The van der Waals surface area contributed by atoms with E-state index in [1.54, 1.807) is 11.3 Å². The van der Waals surface area contributed by atoms with Crippen molar-refractivity contribution in [3.05, 3.63) is 21.9 Å². The molecule has 1 N–H and O–H groups in total. The van der Waals surface area contributed by atoms with Crippen LogP contribution in [0.3, 0.4) is 0 Å². The van der Waals surface area contributed by atoms with Gasteiger partial charge in [-0.3, -0.25) is 9.59 Å². The van der Waals surface area contributed by atoms with Gasteiger partial charge < -0.3 is 14.3 Å². The number of esters is 1. The first-order chi connectivity index (χ1) is 13.2. The maximum atomic E-state index is 12.2. The van der Waals surface area contributed by atoms with Gasteiger partial charge >= 0.3 is 5.97 Å². The Morgan fingerprint density at radius 2 is 1.83 bits per heavy atom. The number of ether oxygens (including phenoxy) is 1. The summed E-state index contributed by atoms with van der Waals surface area (Å²) in [7, 11) is 1.63. The average molecular weight is 441 g/mol. The van der Waals surface area contributed by atoms with Crippen molar-refractivity contribution in [3.8, 4) is 0 Å². The van der Waals surface area contributed by atoms with Crippen LogP contribution in [-0.4, -0.2) is 39.3 Å². The van der Waals surface area contributed by atoms with Gasteiger partial charge in [0.15, 0.2) is 0 Å². The number of ketones is 1. The molecule has 0 saturated carbocycles. The lowest BCUT2D eigenvalue weighted by atomic mass is 9.80. The number of aliphatic hydroxyl groups is 1. The summed E-state index contributed by atoms with van der Waals surface area (Å²) in [6.45, 7) is 14.4. The first kappa shape index (κ1) is 26.0. The molecule has 2 radical (unpaired) electrons. The molecule has 5 nitrogen and oxygen atoms in total. The zero-order chi connectivity index (χ0) is 22.5. The Labute approximate surface area is 182 Å². The normalized spacial score (nSPS) is 14.7. The van der Waals surface area contributed by atoms with Crippen molar-refractivity contribution in [2.75, 3.05) is 7.11 Å². The second kappa shape index (κ2) is 10.3. The highest BCUT2D eigenvalue weighted by Gasteiger charge is 2.35. The van der Waals surface area contributed by atoms with Crippen LogP contribution in [0.15, 0.2) is 11.4 Å². The number of carbonyl (C=O) groups is 2. The first-order valence-corrected chi connectivity index (χ1v) is 11.8. The van der Waals surface area contributed by atoms with Crippen LogP contribution in [0.1, 0.15) is 78.2 Å². The summed E-state index contributed by atoms with van der Waals surface area (Å²) in [5, 5.41) is 13.3. The van der Waals surface area contributed by atoms with Gasteiger partial charge in [0, 0.05) is 11.3 Å². The van der Waals surface area contributed by atoms with Crippen molar-refractivity contribution in [1.29, 1.82) is 0 Å². The minimum Gasteiger partial charge on any atom is -0.469 e. The molecule has 29 heavy (non-hydrogen) atoms. The first-order valence-electron chi connectivity index (χ1n) is 10.0. The van der Waals surface area contributed by atoms with Crippen LogP contribution in [0.4, 0.5) is 0 Å². The predicted molar refractivity (Wildman–Crippen MR) is 118 cm³/mol. The molecule has 0 aromatic carbocycles. The molecule has 1 heterocycles. The molecule has 0 spiro atoms. The van der Waals surface area contributed by atoms with Gasteiger partial charge in [-0.05, 0) is 54.7 Å². The molecule has 0 bridgehead atoms. The standard InChI is InChI=1S/C22H36O5SSi/c1-15(2)22(25,14-16(23)13-19(24)26-8)11-9-18-17(10-12-28-18)21(6,7)27-29-20(3,4)5/h10,12,15,25H,9,11,13-14H2,1-8H3. The summed E-state index contributed by atoms with van der Waals surface area (Å²) in [5.41, 5.74) is -0.450. The quantitative estimate of drug-likeness (QED) is 0.307. The van der Waals surface area contributed by atoms with Crippen molar-refractivity contribution in [3.63, 3.8) is 0 Å². The van der Waals surface area contributed by atoms with Gasteiger partial charge in [-0.1, -0.05) is 34.6 Å². The fourth-order valence-corrected chi connectivity index (χ4v) is 4.65. The Kier molecular flexibility index (Phi) is 9.27. The fraction of sp³-hybridized carbons (Fsp3) is 0.727. The van der Waals surface area contributed by atoms with Crippen molar-refractivity contribution in [2.24, 2.45) is 5.92 Å². The van der Waals surface area contributed by atoms with E-state index in [2.05, 4.69) is 45.4 Å². The second-order valence-corrected chi connectivity index (χ2v) is 12.4. The Morgan fingerprint density at radius 3 is 2.34 bits per heavy atom. The molecular formula is C22H36O5SSi. The van der Waals surface area contributed by atoms with Crippen LogP contribution in [0.2, 0.25) is 5.04 Å². The minimum absolute atomic E-state index is 0.0498. The summed E-state index contributed by atoms with van der Waals surface area (Å²) >= 11 is 1.65. The topological polar surface area (TPSA) is 72.8 Å². The molecular weight excluding hydrogens is 404 g/mol. The van der Waals surface area contributed by atoms with E-state index in [4.69, 9.17) is 4.43 Å². The predicted octanol–water partition coefficient (Wildman–Crippen LogP) is 4.68. The molecule has 0 aliphatic rings. The summed E-state index contributed by atoms with van der Waals surface area (Å²) in [4.78, 5) is 24.8. The van der Waals surface area contributed by atoms with Crippen molar-refractivity contribution in [2.45, 2.75) is 90.4 Å². The second-order valence-electron chi connectivity index (χ2n) is 9.45. The smallest absolute Gasteiger partial charge is 0.313 e. The fourth-order valence-electron chi connectivity index (χ4n) is 2.95. The van der Waals surface area contributed by atoms with E-state index in [-0.39, 0.29) is 29.6 Å². The van der Waals surface area contributed by atoms with Gasteiger partial charge in [0.1, 0.15) is 12.2 Å². The van der Waals surface area contributed by atoms with Crippen molar-refractivity contribution < 1.29 is 23.9 Å².